The van der Waals surface area contributed by atoms with Gasteiger partial charge in [-0.3, -0.25) is 5.32 Å². The highest BCUT2D eigenvalue weighted by atomic mass is 19.1. The number of rotatable bonds is 1. The summed E-state index contributed by atoms with van der Waals surface area (Å²) in [5, 5.41) is 2.55. The minimum Gasteiger partial charge on any atom is -0.377 e. The highest BCUT2D eigenvalue weighted by Gasteiger charge is 2.32. The van der Waals surface area contributed by atoms with Gasteiger partial charge in [0.25, 0.3) is 0 Å². The topological polar surface area (TPSA) is 21.3 Å². The van der Waals surface area contributed by atoms with Crippen LogP contribution >= 0.6 is 0 Å². The first-order valence-corrected chi connectivity index (χ1v) is 2.72. The van der Waals surface area contributed by atoms with Crippen LogP contribution in [-0.2, 0) is 4.74 Å². The van der Waals surface area contributed by atoms with Crippen LogP contribution in [0.15, 0.2) is 0 Å². The summed E-state index contributed by atoms with van der Waals surface area (Å²) in [7, 11) is 1.61. The zero-order chi connectivity index (χ0) is 6.04. The summed E-state index contributed by atoms with van der Waals surface area (Å²) in [6.45, 7) is 0.737. The van der Waals surface area contributed by atoms with Gasteiger partial charge < -0.3 is 4.74 Å². The van der Waals surface area contributed by atoms with Gasteiger partial charge in [0.2, 0.25) is 0 Å². The summed E-state index contributed by atoms with van der Waals surface area (Å²) in [6, 6.07) is 0. The van der Waals surface area contributed by atoms with Crippen LogP contribution in [0.2, 0.25) is 0 Å². The SMILES string of the molecule is CNC1(F)CCOC1. The zero-order valence-corrected chi connectivity index (χ0v) is 4.91. The molecule has 0 saturated carbocycles. The molecular weight excluding hydrogens is 109 g/mol. The first-order valence-electron chi connectivity index (χ1n) is 2.72. The quantitative estimate of drug-likeness (QED) is 0.501. The van der Waals surface area contributed by atoms with E-state index in [1.165, 1.54) is 0 Å². The Morgan fingerprint density at radius 1 is 1.75 bits per heavy atom. The molecule has 0 aliphatic carbocycles. The summed E-state index contributed by atoms with van der Waals surface area (Å²) in [5.74, 6) is -1.24. The first-order chi connectivity index (χ1) is 3.77. The molecule has 1 fully saturated rings. The third-order valence-corrected chi connectivity index (χ3v) is 1.42. The van der Waals surface area contributed by atoms with Crippen molar-refractivity contribution in [2.45, 2.75) is 12.2 Å². The predicted molar refractivity (Wildman–Crippen MR) is 28.3 cm³/mol. The molecule has 0 radical (unpaired) electrons. The van der Waals surface area contributed by atoms with Gasteiger partial charge in [0.15, 0.2) is 5.79 Å². The number of likely N-dealkylation sites (N-methyl/N-ethyl adjacent to an activating group) is 1. The van der Waals surface area contributed by atoms with Gasteiger partial charge in [0.1, 0.15) is 0 Å². The third-order valence-electron chi connectivity index (χ3n) is 1.42. The molecule has 0 amide bonds. The van der Waals surface area contributed by atoms with Gasteiger partial charge in [0.05, 0.1) is 13.2 Å². The van der Waals surface area contributed by atoms with E-state index in [-0.39, 0.29) is 6.61 Å². The van der Waals surface area contributed by atoms with Crippen molar-refractivity contribution in [3.63, 3.8) is 0 Å². The molecule has 0 aromatic rings. The van der Waals surface area contributed by atoms with Gasteiger partial charge in [-0.25, -0.2) is 4.39 Å². The summed E-state index contributed by atoms with van der Waals surface area (Å²) in [6.07, 6.45) is 0.476. The second-order valence-corrected chi connectivity index (χ2v) is 2.02. The van der Waals surface area contributed by atoms with E-state index >= 15 is 0 Å². The molecule has 8 heavy (non-hydrogen) atoms. The number of alkyl halides is 1. The molecular formula is C5H10FNO. The van der Waals surface area contributed by atoms with Crippen molar-refractivity contribution in [1.29, 1.82) is 0 Å². The van der Waals surface area contributed by atoms with E-state index in [1.54, 1.807) is 7.05 Å². The van der Waals surface area contributed by atoms with E-state index in [4.69, 9.17) is 4.74 Å². The fraction of sp³-hybridized carbons (Fsp3) is 1.00. The molecule has 2 nitrogen and oxygen atoms in total. The van der Waals surface area contributed by atoms with E-state index in [9.17, 15) is 4.39 Å². The molecule has 3 heteroatoms. The van der Waals surface area contributed by atoms with E-state index in [2.05, 4.69) is 5.32 Å². The maximum Gasteiger partial charge on any atom is 0.187 e. The maximum absolute atomic E-state index is 12.8. The van der Waals surface area contributed by atoms with Crippen molar-refractivity contribution in [3.8, 4) is 0 Å². The lowest BCUT2D eigenvalue weighted by Gasteiger charge is -2.14. The van der Waals surface area contributed by atoms with Crippen LogP contribution in [0.1, 0.15) is 6.42 Å². The fourth-order valence-corrected chi connectivity index (χ4v) is 0.737. The molecule has 0 aromatic heterocycles. The number of ether oxygens (including phenoxy) is 1. The summed E-state index contributed by atoms with van der Waals surface area (Å²) < 4.78 is 17.6. The minimum absolute atomic E-state index is 0.198. The highest BCUT2D eigenvalue weighted by molar-refractivity contribution is 4.78. The van der Waals surface area contributed by atoms with Crippen molar-refractivity contribution >= 4 is 0 Å². The van der Waals surface area contributed by atoms with Crippen molar-refractivity contribution in [2.24, 2.45) is 0 Å². The fourth-order valence-electron chi connectivity index (χ4n) is 0.737. The summed E-state index contributed by atoms with van der Waals surface area (Å²) in [4.78, 5) is 0. The molecule has 1 aliphatic heterocycles. The minimum atomic E-state index is -1.24. The molecule has 1 heterocycles. The molecule has 48 valence electrons. The third kappa shape index (κ3) is 0.980. The molecule has 1 aliphatic rings. The molecule has 0 spiro atoms. The Morgan fingerprint density at radius 2 is 2.50 bits per heavy atom. The van der Waals surface area contributed by atoms with Crippen molar-refractivity contribution < 1.29 is 9.13 Å². The Bertz CT molecular complexity index is 80.5. The van der Waals surface area contributed by atoms with Crippen LogP contribution in [-0.4, -0.2) is 26.1 Å². The van der Waals surface area contributed by atoms with Crippen molar-refractivity contribution in [2.75, 3.05) is 20.3 Å². The molecule has 0 aromatic carbocycles. The van der Waals surface area contributed by atoms with Gasteiger partial charge >= 0.3 is 0 Å². The Balaban J connectivity index is 2.40. The average molecular weight is 119 g/mol. The molecule has 0 bridgehead atoms. The van der Waals surface area contributed by atoms with E-state index in [1.807, 2.05) is 0 Å². The first kappa shape index (κ1) is 5.98. The van der Waals surface area contributed by atoms with Gasteiger partial charge in [-0.2, -0.15) is 0 Å². The standard InChI is InChI=1S/C5H10FNO/c1-7-5(6)2-3-8-4-5/h7H,2-4H2,1H3. The lowest BCUT2D eigenvalue weighted by atomic mass is 10.2. The predicted octanol–water partition coefficient (Wildman–Crippen LogP) is 0.292. The van der Waals surface area contributed by atoms with Crippen molar-refractivity contribution in [1.82, 2.24) is 5.32 Å². The second-order valence-electron chi connectivity index (χ2n) is 2.02. The summed E-state index contributed by atoms with van der Waals surface area (Å²) >= 11 is 0. The highest BCUT2D eigenvalue weighted by Crippen LogP contribution is 2.18. The van der Waals surface area contributed by atoms with Crippen LogP contribution < -0.4 is 5.32 Å². The number of hydrogen-bond acceptors (Lipinski definition) is 2. The second kappa shape index (κ2) is 1.99. The molecule has 1 N–H and O–H groups in total. The zero-order valence-electron chi connectivity index (χ0n) is 4.91. The van der Waals surface area contributed by atoms with Gasteiger partial charge in [-0.1, -0.05) is 0 Å². The number of nitrogens with one attached hydrogen (secondary N) is 1. The van der Waals surface area contributed by atoms with Crippen LogP contribution in [0.4, 0.5) is 4.39 Å². The molecule has 1 atom stereocenters. The molecule has 1 unspecified atom stereocenters. The number of halogens is 1. The largest absolute Gasteiger partial charge is 0.377 e. The smallest absolute Gasteiger partial charge is 0.187 e. The van der Waals surface area contributed by atoms with Crippen molar-refractivity contribution in [3.05, 3.63) is 0 Å². The van der Waals surface area contributed by atoms with Crippen LogP contribution in [0.3, 0.4) is 0 Å². The molecule has 1 saturated heterocycles. The van der Waals surface area contributed by atoms with E-state index in [0.717, 1.165) is 0 Å². The Hall–Kier alpha value is -0.150. The van der Waals surface area contributed by atoms with E-state index in [0.29, 0.717) is 13.0 Å². The average Bonchev–Trinajstić information content (AvgIpc) is 2.17. The Morgan fingerprint density at radius 3 is 2.75 bits per heavy atom. The van der Waals surface area contributed by atoms with Crippen LogP contribution in [0.5, 0.6) is 0 Å². The van der Waals surface area contributed by atoms with Gasteiger partial charge in [-0.15, -0.1) is 0 Å². The summed E-state index contributed by atoms with van der Waals surface area (Å²) in [5.41, 5.74) is 0. The lowest BCUT2D eigenvalue weighted by Crippen LogP contribution is -2.38. The van der Waals surface area contributed by atoms with Gasteiger partial charge in [-0.05, 0) is 7.05 Å². The Labute approximate surface area is 48.0 Å². The number of hydrogen-bond donors (Lipinski definition) is 1. The normalized spacial score (nSPS) is 38.2. The lowest BCUT2D eigenvalue weighted by molar-refractivity contribution is 0.0903. The molecule has 1 rings (SSSR count). The van der Waals surface area contributed by atoms with Crippen LogP contribution in [0, 0.1) is 0 Å². The van der Waals surface area contributed by atoms with Gasteiger partial charge in [0, 0.05) is 6.42 Å². The maximum atomic E-state index is 12.8. The Kier molecular flexibility index (Phi) is 1.49. The van der Waals surface area contributed by atoms with Crippen LogP contribution in [0.25, 0.3) is 0 Å². The monoisotopic (exact) mass is 119 g/mol. The van der Waals surface area contributed by atoms with E-state index < -0.39 is 5.79 Å².